The van der Waals surface area contributed by atoms with Gasteiger partial charge >= 0.3 is 0 Å². The van der Waals surface area contributed by atoms with Crippen LogP contribution in [0.5, 0.6) is 0 Å². The number of aliphatic imine (C=N–C) groups is 1. The summed E-state index contributed by atoms with van der Waals surface area (Å²) in [6.45, 7) is 2.59. The first-order valence-electron chi connectivity index (χ1n) is 5.08. The summed E-state index contributed by atoms with van der Waals surface area (Å²) in [4.78, 5) is 19.4. The van der Waals surface area contributed by atoms with Gasteiger partial charge in [-0.15, -0.1) is 0 Å². The number of aryl methyl sites for hydroxylation is 1. The van der Waals surface area contributed by atoms with E-state index in [0.29, 0.717) is 5.69 Å². The van der Waals surface area contributed by atoms with E-state index in [1.165, 1.54) is 12.7 Å². The average Bonchev–Trinajstić information content (AvgIpc) is 2.82. The molecule has 2 aromatic heterocycles. The van der Waals surface area contributed by atoms with E-state index in [9.17, 15) is 0 Å². The Labute approximate surface area is 98.7 Å². The third-order valence-electron chi connectivity index (χ3n) is 2.25. The Hall–Kier alpha value is -2.37. The maximum atomic E-state index is 5.39. The second kappa shape index (κ2) is 5.11. The van der Waals surface area contributed by atoms with Gasteiger partial charge in [0.05, 0.1) is 29.8 Å². The second-order valence-electron chi connectivity index (χ2n) is 3.47. The summed E-state index contributed by atoms with van der Waals surface area (Å²) in [5.74, 6) is 0. The minimum Gasteiger partial charge on any atom is -0.396 e. The van der Waals surface area contributed by atoms with Gasteiger partial charge in [0.2, 0.25) is 0 Å². The quantitative estimate of drug-likeness (QED) is 0.719. The first kappa shape index (κ1) is 11.1. The molecule has 0 spiro atoms. The maximum absolute atomic E-state index is 5.39. The second-order valence-corrected chi connectivity index (χ2v) is 3.47. The highest BCUT2D eigenvalue weighted by Gasteiger charge is 2.04. The molecule has 2 aromatic rings. The van der Waals surface area contributed by atoms with E-state index in [1.54, 1.807) is 18.6 Å². The number of aromatic nitrogens is 4. The van der Waals surface area contributed by atoms with E-state index >= 15 is 0 Å². The van der Waals surface area contributed by atoms with Crippen molar-refractivity contribution in [3.63, 3.8) is 0 Å². The molecule has 0 radical (unpaired) electrons. The van der Waals surface area contributed by atoms with Crippen LogP contribution in [0.4, 0.5) is 5.69 Å². The van der Waals surface area contributed by atoms with Gasteiger partial charge in [0, 0.05) is 18.0 Å². The molecule has 0 fully saturated rings. The predicted molar refractivity (Wildman–Crippen MR) is 64.5 cm³/mol. The van der Waals surface area contributed by atoms with Gasteiger partial charge in [0.15, 0.2) is 0 Å². The molecule has 1 aliphatic rings. The van der Waals surface area contributed by atoms with Crippen LogP contribution in [0.1, 0.15) is 17.0 Å². The van der Waals surface area contributed by atoms with Crippen LogP contribution in [0.2, 0.25) is 0 Å². The summed E-state index contributed by atoms with van der Waals surface area (Å²) >= 11 is 0. The van der Waals surface area contributed by atoms with Gasteiger partial charge < -0.3 is 5.73 Å². The van der Waals surface area contributed by atoms with E-state index < -0.39 is 0 Å². The van der Waals surface area contributed by atoms with Crippen molar-refractivity contribution in [2.75, 3.05) is 5.73 Å². The van der Waals surface area contributed by atoms with Crippen molar-refractivity contribution in [1.82, 2.24) is 19.9 Å². The van der Waals surface area contributed by atoms with E-state index in [0.717, 1.165) is 23.5 Å². The smallest absolute Gasteiger partial charge is 0.116 e. The molecule has 0 amide bonds. The monoisotopic (exact) mass is 228 g/mol. The van der Waals surface area contributed by atoms with Crippen LogP contribution >= 0.6 is 0 Å². The fraction of sp³-hybridized carbons (Fsp3) is 0.182. The molecule has 0 atom stereocenters. The molecule has 0 unspecified atom stereocenters. The molecule has 1 aliphatic heterocycles. The fourth-order valence-corrected chi connectivity index (χ4v) is 1.24. The van der Waals surface area contributed by atoms with Gasteiger partial charge in [-0.25, -0.2) is 19.9 Å². The Morgan fingerprint density at radius 3 is 2.53 bits per heavy atom. The lowest BCUT2D eigenvalue weighted by Gasteiger charge is -1.91. The SMILES string of the molecule is C1=NCc2cncnc21.Cc1ncncc1N. The Morgan fingerprint density at radius 2 is 1.88 bits per heavy atom. The number of hydrogen-bond acceptors (Lipinski definition) is 6. The maximum Gasteiger partial charge on any atom is 0.116 e. The topological polar surface area (TPSA) is 89.9 Å². The molecular weight excluding hydrogens is 216 g/mol. The van der Waals surface area contributed by atoms with Crippen LogP contribution in [0.15, 0.2) is 30.0 Å². The first-order chi connectivity index (χ1) is 8.27. The average molecular weight is 228 g/mol. The van der Waals surface area contributed by atoms with Gasteiger partial charge in [-0.1, -0.05) is 0 Å². The standard InChI is InChI=1S/C6H5N3.C5H7N3/c1-5-2-8-4-9-6(5)3-7-1;1-4-5(6)2-7-3-8-4/h2-4H,1H2;2-3H,6H2,1H3. The van der Waals surface area contributed by atoms with Gasteiger partial charge in [0.25, 0.3) is 0 Å². The zero-order valence-electron chi connectivity index (χ0n) is 9.41. The number of hydrogen-bond donors (Lipinski definition) is 1. The highest BCUT2D eigenvalue weighted by atomic mass is 14.9. The fourth-order valence-electron chi connectivity index (χ4n) is 1.24. The largest absolute Gasteiger partial charge is 0.396 e. The highest BCUT2D eigenvalue weighted by molar-refractivity contribution is 5.81. The molecule has 3 rings (SSSR count). The van der Waals surface area contributed by atoms with Gasteiger partial charge in [0.1, 0.15) is 12.7 Å². The Bertz CT molecular complexity index is 516. The minimum absolute atomic E-state index is 0.646. The van der Waals surface area contributed by atoms with Crippen LogP contribution in [-0.4, -0.2) is 26.2 Å². The van der Waals surface area contributed by atoms with Crippen molar-refractivity contribution in [3.8, 4) is 0 Å². The number of nitrogens with two attached hydrogens (primary N) is 1. The molecule has 0 aromatic carbocycles. The number of anilines is 1. The first-order valence-corrected chi connectivity index (χ1v) is 5.08. The molecule has 0 saturated heterocycles. The third-order valence-corrected chi connectivity index (χ3v) is 2.25. The predicted octanol–water partition coefficient (Wildman–Crippen LogP) is 0.776. The lowest BCUT2D eigenvalue weighted by Crippen LogP contribution is -1.92. The zero-order valence-corrected chi connectivity index (χ0v) is 9.41. The third kappa shape index (κ3) is 2.81. The summed E-state index contributed by atoms with van der Waals surface area (Å²) in [6, 6.07) is 0. The number of rotatable bonds is 0. The summed E-state index contributed by atoms with van der Waals surface area (Å²) in [7, 11) is 0. The van der Waals surface area contributed by atoms with E-state index in [2.05, 4.69) is 24.9 Å². The number of fused-ring (bicyclic) bond motifs is 1. The summed E-state index contributed by atoms with van der Waals surface area (Å²) < 4.78 is 0. The van der Waals surface area contributed by atoms with Crippen molar-refractivity contribution >= 4 is 11.9 Å². The van der Waals surface area contributed by atoms with E-state index in [-0.39, 0.29) is 0 Å². The zero-order chi connectivity index (χ0) is 12.1. The molecule has 17 heavy (non-hydrogen) atoms. The molecular formula is C11H12N6. The van der Waals surface area contributed by atoms with Gasteiger partial charge in [-0.05, 0) is 6.92 Å². The molecule has 0 saturated carbocycles. The van der Waals surface area contributed by atoms with Crippen molar-refractivity contribution in [3.05, 3.63) is 42.0 Å². The molecule has 6 heteroatoms. The van der Waals surface area contributed by atoms with E-state index in [1.807, 2.05) is 6.92 Å². The molecule has 0 bridgehead atoms. The summed E-state index contributed by atoms with van der Waals surface area (Å²) in [6.07, 6.45) is 8.18. The Kier molecular flexibility index (Phi) is 3.34. The van der Waals surface area contributed by atoms with Crippen LogP contribution in [0, 0.1) is 6.92 Å². The van der Waals surface area contributed by atoms with Crippen LogP contribution in [-0.2, 0) is 6.54 Å². The Morgan fingerprint density at radius 1 is 1.12 bits per heavy atom. The van der Waals surface area contributed by atoms with Gasteiger partial charge in [-0.2, -0.15) is 0 Å². The van der Waals surface area contributed by atoms with Crippen LogP contribution < -0.4 is 5.73 Å². The number of nitrogens with zero attached hydrogens (tertiary/aromatic N) is 5. The van der Waals surface area contributed by atoms with Crippen molar-refractivity contribution < 1.29 is 0 Å². The summed E-state index contributed by atoms with van der Waals surface area (Å²) in [5.41, 5.74) is 8.96. The molecule has 6 nitrogen and oxygen atoms in total. The highest BCUT2D eigenvalue weighted by Crippen LogP contribution is 2.07. The van der Waals surface area contributed by atoms with Crippen molar-refractivity contribution in [2.24, 2.45) is 4.99 Å². The Balaban J connectivity index is 0.000000128. The summed E-state index contributed by atoms with van der Waals surface area (Å²) in [5, 5.41) is 0. The van der Waals surface area contributed by atoms with Crippen LogP contribution in [0.25, 0.3) is 0 Å². The minimum atomic E-state index is 0.646. The lowest BCUT2D eigenvalue weighted by molar-refractivity contribution is 1.04. The normalized spacial score (nSPS) is 11.6. The van der Waals surface area contributed by atoms with Crippen LogP contribution in [0.3, 0.4) is 0 Å². The van der Waals surface area contributed by atoms with Gasteiger partial charge in [-0.3, -0.25) is 4.99 Å². The van der Waals surface area contributed by atoms with Crippen molar-refractivity contribution in [1.29, 1.82) is 0 Å². The van der Waals surface area contributed by atoms with Crippen molar-refractivity contribution in [2.45, 2.75) is 13.5 Å². The molecule has 3 heterocycles. The molecule has 2 N–H and O–H groups in total. The van der Waals surface area contributed by atoms with E-state index in [4.69, 9.17) is 5.73 Å². The number of nitrogen functional groups attached to an aromatic ring is 1. The molecule has 0 aliphatic carbocycles. The lowest BCUT2D eigenvalue weighted by atomic mass is 10.3. The molecule has 86 valence electrons.